The van der Waals surface area contributed by atoms with Crippen molar-refractivity contribution < 1.29 is 0 Å². The van der Waals surface area contributed by atoms with E-state index >= 15 is 0 Å². The van der Waals surface area contributed by atoms with Crippen molar-refractivity contribution in [2.75, 3.05) is 0 Å². The second-order valence-corrected chi connectivity index (χ2v) is 4.45. The topological polar surface area (TPSA) is 60.5 Å². The Balaban J connectivity index is 2.83. The maximum atomic E-state index is 9.01. The van der Waals surface area contributed by atoms with Crippen LogP contribution in [0.15, 0.2) is 18.3 Å². The number of alkyl halides is 1. The smallest absolute Gasteiger partial charge is 0.136 e. The minimum atomic E-state index is -1.08. The molecule has 1 aromatic heterocycles. The Hall–Kier alpha value is -1.29. The lowest BCUT2D eigenvalue weighted by Gasteiger charge is -2.17. The molecule has 0 aliphatic carbocycles. The van der Waals surface area contributed by atoms with Gasteiger partial charge in [-0.05, 0) is 18.1 Å². The first kappa shape index (κ1) is 12.8. The lowest BCUT2D eigenvalue weighted by molar-refractivity contribution is 0.648. The molecule has 16 heavy (non-hydrogen) atoms. The highest BCUT2D eigenvalue weighted by atomic mass is 35.5. The molecule has 3 nitrogen and oxygen atoms in total. The zero-order valence-electron chi connectivity index (χ0n) is 8.45. The molecule has 5 heteroatoms. The van der Waals surface area contributed by atoms with Gasteiger partial charge >= 0.3 is 0 Å². The van der Waals surface area contributed by atoms with Crippen molar-refractivity contribution in [2.45, 2.75) is 24.1 Å². The van der Waals surface area contributed by atoms with Crippen molar-refractivity contribution in [1.29, 1.82) is 10.5 Å². The number of nitrogens with zero attached hydrogens (tertiary/aromatic N) is 3. The summed E-state index contributed by atoms with van der Waals surface area (Å²) < 4.78 is 0. The van der Waals surface area contributed by atoms with Crippen molar-refractivity contribution in [3.05, 3.63) is 29.0 Å². The van der Waals surface area contributed by atoms with Crippen LogP contribution < -0.4 is 0 Å². The molecule has 0 spiro atoms. The van der Waals surface area contributed by atoms with E-state index in [9.17, 15) is 0 Å². The number of pyridine rings is 1. The van der Waals surface area contributed by atoms with Gasteiger partial charge in [-0.1, -0.05) is 17.7 Å². The van der Waals surface area contributed by atoms with Gasteiger partial charge in [-0.2, -0.15) is 10.5 Å². The van der Waals surface area contributed by atoms with E-state index in [4.69, 9.17) is 33.7 Å². The highest BCUT2D eigenvalue weighted by Gasteiger charge is 2.28. The van der Waals surface area contributed by atoms with Gasteiger partial charge in [0.15, 0.2) is 0 Å². The molecule has 0 saturated carbocycles. The molecule has 0 fully saturated rings. The van der Waals surface area contributed by atoms with Crippen LogP contribution in [0, 0.1) is 22.7 Å². The summed E-state index contributed by atoms with van der Waals surface area (Å²) in [7, 11) is 0. The molecular formula is C11H9Cl2N3. The average Bonchev–Trinajstić information content (AvgIpc) is 2.30. The van der Waals surface area contributed by atoms with Crippen molar-refractivity contribution in [3.8, 4) is 12.1 Å². The minimum absolute atomic E-state index is 0.245. The quantitative estimate of drug-likeness (QED) is 0.612. The Morgan fingerprint density at radius 1 is 1.44 bits per heavy atom. The molecule has 0 bridgehead atoms. The summed E-state index contributed by atoms with van der Waals surface area (Å²) in [6.45, 7) is 0. The van der Waals surface area contributed by atoms with Gasteiger partial charge in [0.25, 0.3) is 0 Å². The summed E-state index contributed by atoms with van der Waals surface area (Å²) in [5.41, 5.74) is 0.721. The molecule has 1 atom stereocenters. The zero-order valence-corrected chi connectivity index (χ0v) is 9.96. The van der Waals surface area contributed by atoms with Gasteiger partial charge in [0.05, 0.1) is 12.1 Å². The van der Waals surface area contributed by atoms with Gasteiger partial charge in [0.2, 0.25) is 0 Å². The number of rotatable bonds is 4. The van der Waals surface area contributed by atoms with Crippen molar-refractivity contribution in [2.24, 2.45) is 0 Å². The molecule has 0 N–H and O–H groups in total. The van der Waals surface area contributed by atoms with E-state index in [0.29, 0.717) is 18.0 Å². The van der Waals surface area contributed by atoms with Crippen LogP contribution in [0.1, 0.15) is 18.4 Å². The molecule has 0 radical (unpaired) electrons. The largest absolute Gasteiger partial charge is 0.244 e. The van der Waals surface area contributed by atoms with Crippen LogP contribution in [0.5, 0.6) is 0 Å². The SMILES string of the molecule is N#CCCC(Cl)(C#N)Cc1cccnc1Cl. The fraction of sp³-hybridized carbons (Fsp3) is 0.364. The van der Waals surface area contributed by atoms with Crippen LogP contribution in [-0.4, -0.2) is 9.86 Å². The molecule has 0 saturated heterocycles. The summed E-state index contributed by atoms with van der Waals surface area (Å²) in [4.78, 5) is 2.83. The third-order valence-corrected chi connectivity index (χ3v) is 2.89. The molecular weight excluding hydrogens is 245 g/mol. The van der Waals surface area contributed by atoms with Gasteiger partial charge in [-0.3, -0.25) is 0 Å². The van der Waals surface area contributed by atoms with Crippen molar-refractivity contribution in [3.63, 3.8) is 0 Å². The molecule has 82 valence electrons. The van der Waals surface area contributed by atoms with E-state index in [1.807, 2.05) is 12.1 Å². The molecule has 0 amide bonds. The fourth-order valence-electron chi connectivity index (χ4n) is 1.29. The van der Waals surface area contributed by atoms with Gasteiger partial charge in [0, 0.05) is 19.0 Å². The minimum Gasteiger partial charge on any atom is -0.244 e. The van der Waals surface area contributed by atoms with E-state index in [-0.39, 0.29) is 6.42 Å². The van der Waals surface area contributed by atoms with Gasteiger partial charge in [-0.15, -0.1) is 11.6 Å². The first-order valence-electron chi connectivity index (χ1n) is 4.68. The van der Waals surface area contributed by atoms with Crippen LogP contribution in [0.4, 0.5) is 0 Å². The Morgan fingerprint density at radius 3 is 2.75 bits per heavy atom. The van der Waals surface area contributed by atoms with Crippen LogP contribution in [0.2, 0.25) is 5.15 Å². The van der Waals surface area contributed by atoms with Crippen LogP contribution >= 0.6 is 23.2 Å². The Bertz CT molecular complexity index is 447. The Kier molecular flexibility index (Phi) is 4.55. The second kappa shape index (κ2) is 5.70. The monoisotopic (exact) mass is 253 g/mol. The van der Waals surface area contributed by atoms with Gasteiger partial charge < -0.3 is 0 Å². The van der Waals surface area contributed by atoms with Crippen molar-refractivity contribution >= 4 is 23.2 Å². The standard InChI is InChI=1S/C11H9Cl2N3/c12-10-9(3-1-6-16-10)7-11(13,8-15)4-2-5-14/h1,3,6H,2,4,7H2. The summed E-state index contributed by atoms with van der Waals surface area (Å²) in [5.74, 6) is 0. The highest BCUT2D eigenvalue weighted by Crippen LogP contribution is 2.28. The molecule has 1 rings (SSSR count). The first-order chi connectivity index (χ1) is 7.61. The van der Waals surface area contributed by atoms with E-state index in [1.54, 1.807) is 18.3 Å². The summed E-state index contributed by atoms with van der Waals surface area (Å²) in [5, 5.41) is 17.8. The maximum Gasteiger partial charge on any atom is 0.136 e. The lowest BCUT2D eigenvalue weighted by Crippen LogP contribution is -2.22. The number of hydrogen-bond acceptors (Lipinski definition) is 3. The number of hydrogen-bond donors (Lipinski definition) is 0. The average molecular weight is 254 g/mol. The van der Waals surface area contributed by atoms with Gasteiger partial charge in [0.1, 0.15) is 10.0 Å². The predicted octanol–water partition coefficient (Wildman–Crippen LogP) is 3.08. The van der Waals surface area contributed by atoms with Crippen LogP contribution in [0.3, 0.4) is 0 Å². The second-order valence-electron chi connectivity index (χ2n) is 3.37. The molecule has 1 heterocycles. The molecule has 0 aliphatic heterocycles. The zero-order chi connectivity index (χ0) is 12.0. The van der Waals surface area contributed by atoms with E-state index in [2.05, 4.69) is 4.98 Å². The number of halogens is 2. The van der Waals surface area contributed by atoms with Gasteiger partial charge in [-0.25, -0.2) is 4.98 Å². The normalized spacial score (nSPS) is 13.5. The molecule has 0 aromatic carbocycles. The van der Waals surface area contributed by atoms with Crippen LogP contribution in [-0.2, 0) is 6.42 Å². The van der Waals surface area contributed by atoms with E-state index < -0.39 is 4.87 Å². The summed E-state index contributed by atoms with van der Waals surface area (Å²) >= 11 is 12.0. The van der Waals surface area contributed by atoms with E-state index in [0.717, 1.165) is 5.56 Å². The first-order valence-corrected chi connectivity index (χ1v) is 5.43. The van der Waals surface area contributed by atoms with Crippen LogP contribution in [0.25, 0.3) is 0 Å². The van der Waals surface area contributed by atoms with E-state index in [1.165, 1.54) is 0 Å². The summed E-state index contributed by atoms with van der Waals surface area (Å²) in [6.07, 6.45) is 2.42. The van der Waals surface area contributed by atoms with Crippen molar-refractivity contribution in [1.82, 2.24) is 4.98 Å². The number of aromatic nitrogens is 1. The molecule has 1 aromatic rings. The highest BCUT2D eigenvalue weighted by molar-refractivity contribution is 6.30. The summed E-state index contributed by atoms with van der Waals surface area (Å²) in [6, 6.07) is 7.50. The Labute approximate surface area is 104 Å². The predicted molar refractivity (Wildman–Crippen MR) is 62.0 cm³/mol. The third kappa shape index (κ3) is 3.38. The molecule has 1 unspecified atom stereocenters. The maximum absolute atomic E-state index is 9.01. The lowest BCUT2D eigenvalue weighted by atomic mass is 9.96. The fourth-order valence-corrected chi connectivity index (χ4v) is 1.72. The Morgan fingerprint density at radius 2 is 2.19 bits per heavy atom. The number of nitriles is 2. The molecule has 0 aliphatic rings. The third-order valence-electron chi connectivity index (χ3n) is 2.14.